The molecule has 0 saturated heterocycles. The van der Waals surface area contributed by atoms with Gasteiger partial charge in [-0.25, -0.2) is 14.8 Å². The average Bonchev–Trinajstić information content (AvgIpc) is 3.50. The van der Waals surface area contributed by atoms with Crippen molar-refractivity contribution in [2.24, 2.45) is 0 Å². The number of fused-ring (bicyclic) bond motifs is 2. The van der Waals surface area contributed by atoms with Crippen molar-refractivity contribution in [1.29, 1.82) is 0 Å². The third-order valence-electron chi connectivity index (χ3n) is 7.25. The van der Waals surface area contributed by atoms with Crippen LogP contribution in [0.4, 0.5) is 16.4 Å². The van der Waals surface area contributed by atoms with Gasteiger partial charge in [0.15, 0.2) is 11.6 Å². The van der Waals surface area contributed by atoms with E-state index in [-0.39, 0.29) is 31.1 Å². The second-order valence-corrected chi connectivity index (χ2v) is 11.9. The monoisotopic (exact) mass is 562 g/mol. The molecule has 12 heteroatoms. The number of hydrogen-bond acceptors (Lipinski definition) is 9. The highest BCUT2D eigenvalue weighted by Gasteiger charge is 2.35. The first-order chi connectivity index (χ1) is 19.3. The summed E-state index contributed by atoms with van der Waals surface area (Å²) in [4.78, 5) is 41.5. The van der Waals surface area contributed by atoms with Gasteiger partial charge in [-0.1, -0.05) is 6.07 Å². The van der Waals surface area contributed by atoms with E-state index in [4.69, 9.17) is 19.4 Å². The van der Waals surface area contributed by atoms with Crippen molar-refractivity contribution >= 4 is 23.6 Å². The lowest BCUT2D eigenvalue weighted by Crippen LogP contribution is -2.34. The zero-order chi connectivity index (χ0) is 29.6. The molecule has 3 aromatic heterocycles. The number of amides is 2. The van der Waals surface area contributed by atoms with Crippen LogP contribution in [0.2, 0.25) is 0 Å². The standard InChI is InChI=1S/C29H38N8O4/c1-17(2)35(8)24-12-19-20(22(31-24)14-34(7)28(39)41-29(4,5)6)13-36(27(19)38)23-11-9-10-21(30-23)26-33-32-25-16-40-15-18(3)37(25)26/h9-12,17-18H,13-16H2,1-8H3. The van der Waals surface area contributed by atoms with Gasteiger partial charge in [0, 0.05) is 25.7 Å². The van der Waals surface area contributed by atoms with Gasteiger partial charge in [0.25, 0.3) is 5.91 Å². The molecule has 0 bridgehead atoms. The zero-order valence-corrected chi connectivity index (χ0v) is 25.0. The number of nitrogens with zero attached hydrogens (tertiary/aromatic N) is 8. The molecule has 0 spiro atoms. The summed E-state index contributed by atoms with van der Waals surface area (Å²) >= 11 is 0. The predicted molar refractivity (Wildman–Crippen MR) is 154 cm³/mol. The Morgan fingerprint density at radius 3 is 2.66 bits per heavy atom. The van der Waals surface area contributed by atoms with Crippen molar-refractivity contribution in [1.82, 2.24) is 29.6 Å². The fourth-order valence-corrected chi connectivity index (χ4v) is 4.90. The Bertz CT molecular complexity index is 1480. The molecular weight excluding hydrogens is 524 g/mol. The van der Waals surface area contributed by atoms with E-state index in [2.05, 4.69) is 31.0 Å². The summed E-state index contributed by atoms with van der Waals surface area (Å²) in [7, 11) is 3.61. The Morgan fingerprint density at radius 1 is 1.20 bits per heavy atom. The molecule has 0 radical (unpaired) electrons. The average molecular weight is 563 g/mol. The third kappa shape index (κ3) is 5.61. The van der Waals surface area contributed by atoms with Crippen LogP contribution >= 0.6 is 0 Å². The summed E-state index contributed by atoms with van der Waals surface area (Å²) in [5.41, 5.74) is 1.96. The Kier molecular flexibility index (Phi) is 7.45. The smallest absolute Gasteiger partial charge is 0.410 e. The molecule has 41 heavy (non-hydrogen) atoms. The summed E-state index contributed by atoms with van der Waals surface area (Å²) in [6.45, 7) is 13.1. The number of aromatic nitrogens is 5. The molecule has 0 N–H and O–H groups in total. The molecular formula is C29H38N8O4. The number of ether oxygens (including phenoxy) is 2. The van der Waals surface area contributed by atoms with Gasteiger partial charge in [-0.2, -0.15) is 0 Å². The lowest BCUT2D eigenvalue weighted by molar-refractivity contribution is 0.0282. The van der Waals surface area contributed by atoms with Gasteiger partial charge in [-0.05, 0) is 59.7 Å². The number of hydrogen-bond donors (Lipinski definition) is 0. The molecule has 0 fully saturated rings. The maximum absolute atomic E-state index is 13.9. The highest BCUT2D eigenvalue weighted by molar-refractivity contribution is 6.10. The fraction of sp³-hybridized carbons (Fsp3) is 0.517. The first-order valence-electron chi connectivity index (χ1n) is 13.8. The van der Waals surface area contributed by atoms with Crippen LogP contribution in [0.3, 0.4) is 0 Å². The number of carbonyl (C=O) groups is 2. The molecule has 218 valence electrons. The summed E-state index contributed by atoms with van der Waals surface area (Å²) in [5.74, 6) is 2.39. The van der Waals surface area contributed by atoms with Crippen LogP contribution in [-0.4, -0.2) is 74.0 Å². The van der Waals surface area contributed by atoms with Crippen LogP contribution in [0.1, 0.15) is 75.0 Å². The zero-order valence-electron chi connectivity index (χ0n) is 25.0. The Morgan fingerprint density at radius 2 is 1.95 bits per heavy atom. The van der Waals surface area contributed by atoms with Crippen molar-refractivity contribution in [3.8, 4) is 11.5 Å². The van der Waals surface area contributed by atoms with E-state index in [9.17, 15) is 9.59 Å². The van der Waals surface area contributed by atoms with Crippen LogP contribution in [0, 0.1) is 0 Å². The van der Waals surface area contributed by atoms with E-state index < -0.39 is 11.7 Å². The predicted octanol–water partition coefficient (Wildman–Crippen LogP) is 4.20. The van der Waals surface area contributed by atoms with E-state index in [1.807, 2.05) is 61.6 Å². The van der Waals surface area contributed by atoms with Crippen LogP contribution in [0.25, 0.3) is 11.5 Å². The Balaban J connectivity index is 1.49. The summed E-state index contributed by atoms with van der Waals surface area (Å²) in [6, 6.07) is 7.61. The summed E-state index contributed by atoms with van der Waals surface area (Å²) in [6.07, 6.45) is -0.456. The first-order valence-corrected chi connectivity index (χ1v) is 13.8. The van der Waals surface area contributed by atoms with Gasteiger partial charge in [-0.3, -0.25) is 9.69 Å². The SMILES string of the molecule is CC(C)N(C)c1cc2c(c(CN(C)C(=O)OC(C)(C)C)n1)CN(c1cccc(-c3nnc4n3C(C)COC4)n1)C2=O. The molecule has 5 rings (SSSR count). The quantitative estimate of drug-likeness (QED) is 0.435. The van der Waals surface area contributed by atoms with Crippen molar-refractivity contribution < 1.29 is 19.1 Å². The van der Waals surface area contributed by atoms with Crippen molar-refractivity contribution in [2.75, 3.05) is 30.5 Å². The fourth-order valence-electron chi connectivity index (χ4n) is 4.90. The molecule has 12 nitrogen and oxygen atoms in total. The molecule has 1 unspecified atom stereocenters. The molecule has 0 saturated carbocycles. The number of carbonyl (C=O) groups excluding carboxylic acids is 2. The molecule has 0 aliphatic carbocycles. The van der Waals surface area contributed by atoms with Crippen LogP contribution in [0.5, 0.6) is 0 Å². The van der Waals surface area contributed by atoms with Gasteiger partial charge < -0.3 is 23.8 Å². The van der Waals surface area contributed by atoms with Crippen LogP contribution < -0.4 is 9.80 Å². The second kappa shape index (κ2) is 10.7. The lowest BCUT2D eigenvalue weighted by atomic mass is 10.1. The molecule has 2 aliphatic rings. The molecule has 2 aliphatic heterocycles. The van der Waals surface area contributed by atoms with Crippen molar-refractivity contribution in [3.05, 3.63) is 46.9 Å². The number of anilines is 2. The number of pyridine rings is 2. The molecule has 1 atom stereocenters. The van der Waals surface area contributed by atoms with E-state index in [1.54, 1.807) is 11.9 Å². The summed E-state index contributed by atoms with van der Waals surface area (Å²) in [5, 5.41) is 8.67. The van der Waals surface area contributed by atoms with Crippen molar-refractivity contribution in [2.45, 2.75) is 78.9 Å². The van der Waals surface area contributed by atoms with E-state index >= 15 is 0 Å². The van der Waals surface area contributed by atoms with Gasteiger partial charge in [0.1, 0.15) is 29.5 Å². The van der Waals surface area contributed by atoms with E-state index in [0.717, 1.165) is 11.4 Å². The molecule has 0 aromatic carbocycles. The van der Waals surface area contributed by atoms with Gasteiger partial charge in [0.05, 0.1) is 37.0 Å². The lowest BCUT2D eigenvalue weighted by Gasteiger charge is -2.26. The Labute approximate surface area is 240 Å². The van der Waals surface area contributed by atoms with Gasteiger partial charge >= 0.3 is 6.09 Å². The molecule has 5 heterocycles. The minimum atomic E-state index is -0.627. The minimum absolute atomic E-state index is 0.0684. The van der Waals surface area contributed by atoms with Gasteiger partial charge in [-0.15, -0.1) is 10.2 Å². The molecule has 2 amide bonds. The number of rotatable bonds is 6. The van der Waals surface area contributed by atoms with Gasteiger partial charge in [0.2, 0.25) is 0 Å². The highest BCUT2D eigenvalue weighted by atomic mass is 16.6. The maximum atomic E-state index is 13.9. The first kappa shape index (κ1) is 28.5. The normalized spacial score (nSPS) is 16.6. The van der Waals surface area contributed by atoms with E-state index in [0.29, 0.717) is 47.6 Å². The summed E-state index contributed by atoms with van der Waals surface area (Å²) < 4.78 is 13.2. The molecule has 3 aromatic rings. The van der Waals surface area contributed by atoms with Crippen LogP contribution in [-0.2, 0) is 29.2 Å². The highest BCUT2D eigenvalue weighted by Crippen LogP contribution is 2.34. The maximum Gasteiger partial charge on any atom is 0.410 e. The van der Waals surface area contributed by atoms with Crippen LogP contribution in [0.15, 0.2) is 24.3 Å². The third-order valence-corrected chi connectivity index (χ3v) is 7.25. The minimum Gasteiger partial charge on any atom is -0.444 e. The topological polar surface area (TPSA) is 119 Å². The van der Waals surface area contributed by atoms with Crippen molar-refractivity contribution in [3.63, 3.8) is 0 Å². The largest absolute Gasteiger partial charge is 0.444 e. The second-order valence-electron chi connectivity index (χ2n) is 11.9. The Hall–Kier alpha value is -4.06. The van der Waals surface area contributed by atoms with E-state index in [1.165, 1.54) is 4.90 Å².